The third-order valence-corrected chi connectivity index (χ3v) is 3.86. The van der Waals surface area contributed by atoms with Crippen LogP contribution in [0.15, 0.2) is 24.3 Å². The first kappa shape index (κ1) is 15.8. The molecule has 116 valence electrons. The summed E-state index contributed by atoms with van der Waals surface area (Å²) in [4.78, 5) is 13.9. The molecule has 1 saturated heterocycles. The number of carbonyl (C=O) groups is 1. The molecule has 1 aliphatic rings. The lowest BCUT2D eigenvalue weighted by Crippen LogP contribution is -2.41. The Morgan fingerprint density at radius 3 is 2.48 bits per heavy atom. The molecule has 3 nitrogen and oxygen atoms in total. The summed E-state index contributed by atoms with van der Waals surface area (Å²) in [6.45, 7) is 1.90. The number of amides is 1. The number of likely N-dealkylation sites (tertiary alicyclic amines) is 1. The minimum Gasteiger partial charge on any atom is -0.339 e. The highest BCUT2D eigenvalue weighted by molar-refractivity contribution is 5.96. The molecular weight excluding hydrogens is 281 g/mol. The average molecular weight is 300 g/mol. The minimum atomic E-state index is -4.50. The maximum atomic E-state index is 13.0. The molecule has 0 radical (unpaired) electrons. The van der Waals surface area contributed by atoms with Crippen molar-refractivity contribution in [1.29, 1.82) is 0 Å². The van der Waals surface area contributed by atoms with Gasteiger partial charge in [-0.05, 0) is 44.5 Å². The molecule has 0 atom stereocenters. The zero-order chi connectivity index (χ0) is 15.5. The van der Waals surface area contributed by atoms with Gasteiger partial charge in [0.25, 0.3) is 5.91 Å². The summed E-state index contributed by atoms with van der Waals surface area (Å²) in [5.41, 5.74) is -1.11. The van der Waals surface area contributed by atoms with Crippen LogP contribution in [0.5, 0.6) is 0 Å². The number of carbonyl (C=O) groups excluding carboxylic acids is 1. The van der Waals surface area contributed by atoms with Gasteiger partial charge in [-0.2, -0.15) is 13.2 Å². The van der Waals surface area contributed by atoms with Gasteiger partial charge in [-0.1, -0.05) is 12.1 Å². The van der Waals surface area contributed by atoms with Crippen molar-refractivity contribution in [3.63, 3.8) is 0 Å². The molecule has 1 aliphatic heterocycles. The van der Waals surface area contributed by atoms with E-state index in [9.17, 15) is 18.0 Å². The molecule has 0 aromatic heterocycles. The fourth-order valence-corrected chi connectivity index (χ4v) is 2.72. The van der Waals surface area contributed by atoms with Gasteiger partial charge in [0.15, 0.2) is 0 Å². The van der Waals surface area contributed by atoms with E-state index in [2.05, 4.69) is 5.32 Å². The maximum Gasteiger partial charge on any atom is 0.417 e. The first-order valence-corrected chi connectivity index (χ1v) is 7.03. The van der Waals surface area contributed by atoms with Crippen molar-refractivity contribution in [2.45, 2.75) is 19.0 Å². The van der Waals surface area contributed by atoms with Gasteiger partial charge in [0.05, 0.1) is 11.1 Å². The lowest BCUT2D eigenvalue weighted by molar-refractivity contribution is -0.138. The lowest BCUT2D eigenvalue weighted by atomic mass is 9.96. The SMILES string of the molecule is CNCC1CCN(C(=O)c2ccccc2C(F)(F)F)CC1. The molecule has 0 unspecified atom stereocenters. The summed E-state index contributed by atoms with van der Waals surface area (Å²) in [7, 11) is 1.87. The van der Waals surface area contributed by atoms with Crippen LogP contribution in [0.4, 0.5) is 13.2 Å². The van der Waals surface area contributed by atoms with Crippen LogP contribution >= 0.6 is 0 Å². The second-order valence-corrected chi connectivity index (χ2v) is 5.34. The number of hydrogen-bond acceptors (Lipinski definition) is 2. The van der Waals surface area contributed by atoms with Crippen LogP contribution in [0.25, 0.3) is 0 Å². The Hall–Kier alpha value is -1.56. The number of nitrogens with one attached hydrogen (secondary N) is 1. The summed E-state index contributed by atoms with van der Waals surface area (Å²) in [6, 6.07) is 4.99. The molecule has 21 heavy (non-hydrogen) atoms. The second kappa shape index (κ2) is 6.47. The molecule has 1 N–H and O–H groups in total. The molecule has 0 spiro atoms. The Bertz CT molecular complexity index is 494. The van der Waals surface area contributed by atoms with E-state index in [0.717, 1.165) is 25.5 Å². The van der Waals surface area contributed by atoms with E-state index < -0.39 is 17.6 Å². The lowest BCUT2D eigenvalue weighted by Gasteiger charge is -2.32. The van der Waals surface area contributed by atoms with Gasteiger partial charge in [-0.15, -0.1) is 0 Å². The van der Waals surface area contributed by atoms with Crippen LogP contribution in [-0.2, 0) is 6.18 Å². The molecule has 1 heterocycles. The molecule has 2 rings (SSSR count). The fraction of sp³-hybridized carbons (Fsp3) is 0.533. The van der Waals surface area contributed by atoms with Crippen LogP contribution < -0.4 is 5.32 Å². The molecule has 1 aromatic carbocycles. The highest BCUT2D eigenvalue weighted by Crippen LogP contribution is 2.32. The van der Waals surface area contributed by atoms with Crippen molar-refractivity contribution in [3.05, 3.63) is 35.4 Å². The van der Waals surface area contributed by atoms with Gasteiger partial charge in [-0.25, -0.2) is 0 Å². The van der Waals surface area contributed by atoms with Gasteiger partial charge < -0.3 is 10.2 Å². The average Bonchev–Trinajstić information content (AvgIpc) is 2.47. The molecule has 6 heteroatoms. The van der Waals surface area contributed by atoms with E-state index in [1.165, 1.54) is 23.1 Å². The molecule has 0 aliphatic carbocycles. The first-order chi connectivity index (χ1) is 9.93. The van der Waals surface area contributed by atoms with E-state index >= 15 is 0 Å². The summed E-state index contributed by atoms with van der Waals surface area (Å²) < 4.78 is 38.9. The highest BCUT2D eigenvalue weighted by atomic mass is 19.4. The number of alkyl halides is 3. The van der Waals surface area contributed by atoms with Crippen LogP contribution in [0.1, 0.15) is 28.8 Å². The molecule has 1 aromatic rings. The van der Waals surface area contributed by atoms with Crippen molar-refractivity contribution in [1.82, 2.24) is 10.2 Å². The quantitative estimate of drug-likeness (QED) is 0.931. The van der Waals surface area contributed by atoms with Gasteiger partial charge in [0, 0.05) is 13.1 Å². The molecule has 1 fully saturated rings. The van der Waals surface area contributed by atoms with E-state index in [-0.39, 0.29) is 5.56 Å². The summed E-state index contributed by atoms with van der Waals surface area (Å²) in [5.74, 6) is -0.0391. The molecule has 1 amide bonds. The van der Waals surface area contributed by atoms with Crippen molar-refractivity contribution in [3.8, 4) is 0 Å². The molecular formula is C15H19F3N2O. The van der Waals surface area contributed by atoms with Crippen molar-refractivity contribution < 1.29 is 18.0 Å². The Balaban J connectivity index is 2.12. The van der Waals surface area contributed by atoms with E-state index in [1.807, 2.05) is 7.05 Å². The fourth-order valence-electron chi connectivity index (χ4n) is 2.72. The van der Waals surface area contributed by atoms with Crippen LogP contribution in [0, 0.1) is 5.92 Å². The third-order valence-electron chi connectivity index (χ3n) is 3.86. The Morgan fingerprint density at radius 2 is 1.90 bits per heavy atom. The number of halogens is 3. The molecule has 0 saturated carbocycles. The second-order valence-electron chi connectivity index (χ2n) is 5.34. The van der Waals surface area contributed by atoms with E-state index in [1.54, 1.807) is 0 Å². The van der Waals surface area contributed by atoms with Crippen LogP contribution in [-0.4, -0.2) is 37.5 Å². The summed E-state index contributed by atoms with van der Waals surface area (Å²) >= 11 is 0. The molecule has 0 bridgehead atoms. The number of nitrogens with zero attached hydrogens (tertiary/aromatic N) is 1. The van der Waals surface area contributed by atoms with Gasteiger partial charge in [-0.3, -0.25) is 4.79 Å². The first-order valence-electron chi connectivity index (χ1n) is 7.03. The highest BCUT2D eigenvalue weighted by Gasteiger charge is 2.36. The van der Waals surface area contributed by atoms with E-state index in [4.69, 9.17) is 0 Å². The maximum absolute atomic E-state index is 13.0. The number of rotatable bonds is 3. The normalized spacial score (nSPS) is 17.0. The zero-order valence-corrected chi connectivity index (χ0v) is 11.9. The number of benzene rings is 1. The summed E-state index contributed by atoms with van der Waals surface area (Å²) in [6.07, 6.45) is -2.86. The number of piperidine rings is 1. The Morgan fingerprint density at radius 1 is 1.29 bits per heavy atom. The van der Waals surface area contributed by atoms with Gasteiger partial charge in [0.2, 0.25) is 0 Å². The Labute approximate surface area is 122 Å². The van der Waals surface area contributed by atoms with Crippen molar-refractivity contribution in [2.75, 3.05) is 26.7 Å². The largest absolute Gasteiger partial charge is 0.417 e. The van der Waals surface area contributed by atoms with E-state index in [0.29, 0.717) is 19.0 Å². The van der Waals surface area contributed by atoms with Gasteiger partial charge in [0.1, 0.15) is 0 Å². The monoisotopic (exact) mass is 300 g/mol. The van der Waals surface area contributed by atoms with Crippen LogP contribution in [0.3, 0.4) is 0 Å². The predicted molar refractivity (Wildman–Crippen MR) is 74.0 cm³/mol. The van der Waals surface area contributed by atoms with Crippen molar-refractivity contribution >= 4 is 5.91 Å². The summed E-state index contributed by atoms with van der Waals surface area (Å²) in [5, 5.41) is 3.09. The van der Waals surface area contributed by atoms with Gasteiger partial charge >= 0.3 is 6.18 Å². The zero-order valence-electron chi connectivity index (χ0n) is 11.9. The smallest absolute Gasteiger partial charge is 0.339 e. The van der Waals surface area contributed by atoms with Crippen molar-refractivity contribution in [2.24, 2.45) is 5.92 Å². The topological polar surface area (TPSA) is 32.3 Å². The third kappa shape index (κ3) is 3.75. The Kier molecular flexibility index (Phi) is 4.88. The minimum absolute atomic E-state index is 0.253. The predicted octanol–water partition coefficient (Wildman–Crippen LogP) is 2.78. The standard InChI is InChI=1S/C15H19F3N2O/c1-19-10-11-6-8-20(9-7-11)14(21)12-4-2-3-5-13(12)15(16,17)18/h2-5,11,19H,6-10H2,1H3. The number of hydrogen-bond donors (Lipinski definition) is 1. The van der Waals surface area contributed by atoms with Crippen LogP contribution in [0.2, 0.25) is 0 Å².